The standard InChI is InChI=1S/C19H26F2N6O2S/c1-19(2)8-7-13-15(12-5-4-6-14(12)24-16(13)19)25-18(28)26-30(3,22,29)11-9-23-27(10-11)17(20)21/h9-10,17H,4-8H2,1-3H3,(H4,22,24,25,26,28,29). The summed E-state index contributed by atoms with van der Waals surface area (Å²) in [6.07, 6.45) is 7.30. The van der Waals surface area contributed by atoms with Crippen molar-refractivity contribution in [3.8, 4) is 0 Å². The van der Waals surface area contributed by atoms with Crippen LogP contribution >= 0.6 is 0 Å². The second-order valence-corrected chi connectivity index (χ2v) is 12.4. The molecule has 2 aromatic rings. The minimum Gasteiger partial charge on any atom is -0.307 e. The largest absolute Gasteiger partial charge is 0.333 e. The molecule has 0 atom stereocenters. The average Bonchev–Trinajstić information content (AvgIpc) is 3.33. The molecule has 0 aromatic carbocycles. The second-order valence-electron chi connectivity index (χ2n) is 8.88. The van der Waals surface area contributed by atoms with Crippen molar-refractivity contribution in [3.05, 3.63) is 34.9 Å². The molecule has 0 aliphatic heterocycles. The fourth-order valence-electron chi connectivity index (χ4n) is 4.25. The van der Waals surface area contributed by atoms with E-state index in [1.165, 1.54) is 0 Å². The highest BCUT2D eigenvalue weighted by Gasteiger charge is 2.38. The summed E-state index contributed by atoms with van der Waals surface area (Å²) < 4.78 is 41.6. The topological polar surface area (TPSA) is 115 Å². The van der Waals surface area contributed by atoms with Crippen LogP contribution in [0.3, 0.4) is 0 Å². The summed E-state index contributed by atoms with van der Waals surface area (Å²) >= 11 is 0. The van der Waals surface area contributed by atoms with E-state index in [-0.39, 0.29) is 10.3 Å². The van der Waals surface area contributed by atoms with Gasteiger partial charge in [-0.15, -0.1) is 0 Å². The molecule has 0 spiro atoms. The number of nitrogens with one attached hydrogen (secondary N) is 2. The van der Waals surface area contributed by atoms with E-state index in [0.717, 1.165) is 73.3 Å². The Kier molecular flexibility index (Phi) is 4.55. The Morgan fingerprint density at radius 3 is 2.70 bits per heavy atom. The molecule has 0 saturated carbocycles. The zero-order chi connectivity index (χ0) is 21.9. The van der Waals surface area contributed by atoms with Crippen LogP contribution in [0.15, 0.2) is 17.3 Å². The number of carbonyl (C=O) groups is 1. The number of hydrogen-bond acceptors (Lipinski definition) is 4. The molecule has 30 heavy (non-hydrogen) atoms. The van der Waals surface area contributed by atoms with Gasteiger partial charge in [-0.05, 0) is 43.2 Å². The van der Waals surface area contributed by atoms with Crippen LogP contribution in [0.5, 0.6) is 0 Å². The van der Waals surface area contributed by atoms with Crippen molar-refractivity contribution >= 4 is 21.2 Å². The molecule has 2 aromatic heterocycles. The van der Waals surface area contributed by atoms with Gasteiger partial charge in [-0.3, -0.25) is 14.8 Å². The molecular formula is C19H26F2N6O2S. The van der Waals surface area contributed by atoms with Gasteiger partial charge in [0.15, 0.2) is 0 Å². The first-order valence-corrected chi connectivity index (χ1v) is 12.2. The predicted molar refractivity (Wildman–Crippen MR) is 110 cm³/mol. The summed E-state index contributed by atoms with van der Waals surface area (Å²) in [4.78, 5) is 17.5. The number of pyridine rings is 1. The van der Waals surface area contributed by atoms with Crippen LogP contribution in [0.4, 0.5) is 19.3 Å². The van der Waals surface area contributed by atoms with E-state index in [2.05, 4.69) is 29.0 Å². The molecule has 0 saturated heterocycles. The van der Waals surface area contributed by atoms with Crippen LogP contribution in [0.1, 0.15) is 55.8 Å². The number of alkyl halides is 2. The van der Waals surface area contributed by atoms with Gasteiger partial charge >= 0.3 is 12.6 Å². The third-order valence-corrected chi connectivity index (χ3v) is 7.99. The lowest BCUT2D eigenvalue weighted by molar-refractivity contribution is 0.0564. The van der Waals surface area contributed by atoms with Gasteiger partial charge in [0.1, 0.15) is 0 Å². The number of amides is 2. The summed E-state index contributed by atoms with van der Waals surface area (Å²) in [5, 5.41) is 12.3. The van der Waals surface area contributed by atoms with Gasteiger partial charge in [-0.2, -0.15) is 13.9 Å². The third kappa shape index (κ3) is 3.49. The maximum absolute atomic E-state index is 13.3. The maximum atomic E-state index is 13.3. The van der Waals surface area contributed by atoms with Crippen molar-refractivity contribution in [2.24, 2.45) is 5.14 Å². The molecule has 2 aliphatic rings. The van der Waals surface area contributed by atoms with E-state index < -0.39 is 22.0 Å². The monoisotopic (exact) mass is 440 g/mol. The third-order valence-electron chi connectivity index (χ3n) is 5.91. The van der Waals surface area contributed by atoms with Crippen LogP contribution in [-0.2, 0) is 34.1 Å². The summed E-state index contributed by atoms with van der Waals surface area (Å²) in [6.45, 7) is 1.36. The molecule has 0 fully saturated rings. The number of anilines is 1. The van der Waals surface area contributed by atoms with Crippen LogP contribution in [0.2, 0.25) is 0 Å². The fraction of sp³-hybridized carbons (Fsp3) is 0.526. The molecule has 11 heteroatoms. The SMILES string of the molecule is CC1(C)CCc2c1nc1c(c2NC(=O)NS(C)(N)(=O)c2cnn(C(F)F)c2)CCC1. The summed E-state index contributed by atoms with van der Waals surface area (Å²) in [6, 6.07) is -0.756. The summed E-state index contributed by atoms with van der Waals surface area (Å²) in [5.74, 6) is 0. The molecule has 164 valence electrons. The Morgan fingerprint density at radius 1 is 1.30 bits per heavy atom. The number of aryl methyl sites for hydroxylation is 1. The lowest BCUT2D eigenvalue weighted by atomic mass is 9.90. The van der Waals surface area contributed by atoms with Gasteiger partial charge in [0, 0.05) is 33.0 Å². The van der Waals surface area contributed by atoms with Crippen molar-refractivity contribution < 1.29 is 17.8 Å². The first kappa shape index (κ1) is 20.9. The Bertz CT molecular complexity index is 1100. The number of hydrogen-bond donors (Lipinski definition) is 3. The van der Waals surface area contributed by atoms with Crippen molar-refractivity contribution in [1.29, 1.82) is 0 Å². The highest BCUT2D eigenvalue weighted by Crippen LogP contribution is 2.44. The first-order valence-electron chi connectivity index (χ1n) is 9.77. The molecule has 4 N–H and O–H groups in total. The van der Waals surface area contributed by atoms with E-state index in [1.807, 2.05) is 0 Å². The van der Waals surface area contributed by atoms with Crippen LogP contribution < -0.4 is 15.2 Å². The minimum atomic E-state index is -4.45. The van der Waals surface area contributed by atoms with E-state index in [9.17, 15) is 17.8 Å². The smallest absolute Gasteiger partial charge is 0.307 e. The molecule has 2 aliphatic carbocycles. The quantitative estimate of drug-likeness (QED) is 0.678. The van der Waals surface area contributed by atoms with Gasteiger partial charge in [-0.1, -0.05) is 13.8 Å². The number of nitrogens with zero attached hydrogens (tertiary/aromatic N) is 3. The number of halogens is 2. The number of rotatable bonds is 4. The van der Waals surface area contributed by atoms with Crippen molar-refractivity contribution in [1.82, 2.24) is 19.5 Å². The second kappa shape index (κ2) is 6.55. The van der Waals surface area contributed by atoms with Crippen LogP contribution in [-0.4, -0.2) is 31.3 Å². The van der Waals surface area contributed by atoms with E-state index in [0.29, 0.717) is 10.4 Å². The van der Waals surface area contributed by atoms with Crippen LogP contribution in [0.25, 0.3) is 0 Å². The lowest BCUT2D eigenvalue weighted by Gasteiger charge is -2.34. The summed E-state index contributed by atoms with van der Waals surface area (Å²) in [5.41, 5.74) is 4.60. The average molecular weight is 441 g/mol. The molecule has 0 radical (unpaired) electrons. The Morgan fingerprint density at radius 2 is 2.03 bits per heavy atom. The normalized spacial score (nSPS) is 18.6. The van der Waals surface area contributed by atoms with Crippen molar-refractivity contribution in [2.75, 3.05) is 11.6 Å². The zero-order valence-electron chi connectivity index (χ0n) is 17.2. The van der Waals surface area contributed by atoms with Crippen molar-refractivity contribution in [2.45, 2.75) is 62.8 Å². The first-order chi connectivity index (χ1) is 13.9. The number of carbonyl (C=O) groups excluding carboxylic acids is 1. The van der Waals surface area contributed by atoms with Gasteiger partial charge in [-0.25, -0.2) is 13.7 Å². The van der Waals surface area contributed by atoms with E-state index >= 15 is 0 Å². The molecule has 4 rings (SSSR count). The highest BCUT2D eigenvalue weighted by atomic mass is 32.3. The van der Waals surface area contributed by atoms with Crippen molar-refractivity contribution in [3.63, 3.8) is 0 Å². The Hall–Kier alpha value is -2.40. The Balaban J connectivity index is 1.64. The predicted octanol–water partition coefficient (Wildman–Crippen LogP) is 2.80. The highest BCUT2D eigenvalue weighted by molar-refractivity contribution is 8.16. The maximum Gasteiger partial charge on any atom is 0.333 e. The zero-order valence-corrected chi connectivity index (χ0v) is 18.0. The van der Waals surface area contributed by atoms with Gasteiger partial charge in [0.25, 0.3) is 0 Å². The minimum absolute atomic E-state index is 0.0846. The number of nitrogens with two attached hydrogens (primary N) is 1. The van der Waals surface area contributed by atoms with E-state index in [1.54, 1.807) is 0 Å². The van der Waals surface area contributed by atoms with Crippen LogP contribution in [0, 0.1) is 0 Å². The molecule has 2 amide bonds. The van der Waals surface area contributed by atoms with Gasteiger partial charge in [0.2, 0.25) is 0 Å². The molecule has 0 unspecified atom stereocenters. The lowest BCUT2D eigenvalue weighted by Crippen LogP contribution is -2.57. The number of fused-ring (bicyclic) bond motifs is 2. The number of urea groups is 1. The number of aromatic nitrogens is 3. The van der Waals surface area contributed by atoms with E-state index in [4.69, 9.17) is 10.1 Å². The fourth-order valence-corrected chi connectivity index (χ4v) is 5.56. The molecule has 0 bridgehead atoms. The van der Waals surface area contributed by atoms with Gasteiger partial charge in [0.05, 0.1) is 22.5 Å². The summed E-state index contributed by atoms with van der Waals surface area (Å²) in [7, 11) is -4.45. The Labute approximate surface area is 173 Å². The van der Waals surface area contributed by atoms with Gasteiger partial charge < -0.3 is 5.32 Å². The molecule has 2 heterocycles. The molecular weight excluding hydrogens is 414 g/mol. The molecule has 8 nitrogen and oxygen atoms in total.